The normalized spacial score (nSPS) is 10.3. The van der Waals surface area contributed by atoms with Crippen LogP contribution in [0.2, 0.25) is 0 Å². The Hall–Kier alpha value is -1.22. The molecule has 15 heavy (non-hydrogen) atoms. The van der Waals surface area contributed by atoms with Crippen molar-refractivity contribution in [2.24, 2.45) is 0 Å². The van der Waals surface area contributed by atoms with E-state index in [4.69, 9.17) is 0 Å². The van der Waals surface area contributed by atoms with Gasteiger partial charge in [0.15, 0.2) is 0 Å². The van der Waals surface area contributed by atoms with Crippen LogP contribution >= 0.6 is 15.9 Å². The van der Waals surface area contributed by atoms with Crippen molar-refractivity contribution in [2.75, 3.05) is 0 Å². The van der Waals surface area contributed by atoms with Crippen molar-refractivity contribution < 1.29 is 8.78 Å². The maximum atomic E-state index is 13.4. The quantitative estimate of drug-likeness (QED) is 0.727. The van der Waals surface area contributed by atoms with Gasteiger partial charge in [-0.05, 0) is 34.1 Å². The van der Waals surface area contributed by atoms with Crippen LogP contribution in [0.5, 0.6) is 0 Å². The summed E-state index contributed by atoms with van der Waals surface area (Å²) in [6, 6.07) is 11.6. The van der Waals surface area contributed by atoms with Gasteiger partial charge in [0.05, 0.1) is 5.56 Å². The lowest BCUT2D eigenvalue weighted by Crippen LogP contribution is -1.90. The first kappa shape index (κ1) is 10.3. The van der Waals surface area contributed by atoms with E-state index in [0.29, 0.717) is 10.0 Å². The fourth-order valence-corrected chi connectivity index (χ4v) is 1.83. The molecule has 0 heterocycles. The van der Waals surface area contributed by atoms with Crippen LogP contribution in [0.3, 0.4) is 0 Å². The predicted octanol–water partition coefficient (Wildman–Crippen LogP) is 4.19. The summed E-state index contributed by atoms with van der Waals surface area (Å²) in [4.78, 5) is 0. The highest BCUT2D eigenvalue weighted by atomic mass is 79.9. The predicted molar refractivity (Wildman–Crippen MR) is 58.3 cm³/mol. The molecule has 0 atom stereocenters. The van der Waals surface area contributed by atoms with E-state index in [-0.39, 0.29) is 5.56 Å². The van der Waals surface area contributed by atoms with E-state index < -0.39 is 11.6 Å². The molecular weight excluding hydrogens is 262 g/mol. The minimum atomic E-state index is -0.574. The van der Waals surface area contributed by atoms with Crippen LogP contribution in [0.15, 0.2) is 40.9 Å². The summed E-state index contributed by atoms with van der Waals surface area (Å²) in [6.45, 7) is 0. The smallest absolute Gasteiger partial charge is 0.134 e. The molecule has 0 aliphatic rings. The number of benzene rings is 2. The van der Waals surface area contributed by atoms with E-state index in [0.717, 1.165) is 0 Å². The molecule has 0 amide bonds. The second kappa shape index (κ2) is 4.11. The number of hydrogen-bond acceptors (Lipinski definition) is 0. The summed E-state index contributed by atoms with van der Waals surface area (Å²) < 4.78 is 27.4. The van der Waals surface area contributed by atoms with Crippen molar-refractivity contribution in [3.63, 3.8) is 0 Å². The average molecular weight is 268 g/mol. The van der Waals surface area contributed by atoms with E-state index in [9.17, 15) is 8.78 Å². The Labute approximate surface area is 94.7 Å². The van der Waals surface area contributed by atoms with E-state index in [1.165, 1.54) is 18.2 Å². The molecule has 75 valence electrons. The maximum absolute atomic E-state index is 13.4. The summed E-state index contributed by atoms with van der Waals surface area (Å²) in [5.74, 6) is -1.15. The van der Waals surface area contributed by atoms with Gasteiger partial charge in [-0.2, -0.15) is 0 Å². The van der Waals surface area contributed by atoms with E-state index >= 15 is 0 Å². The highest BCUT2D eigenvalue weighted by Gasteiger charge is 2.12. The molecule has 2 rings (SSSR count). The standard InChI is InChI=1S/C12H6BrF2/c13-9-5-2-1-4-8(9)12-10(14)6-3-7-11(12)15/h1-4,6-7H. The van der Waals surface area contributed by atoms with Gasteiger partial charge >= 0.3 is 0 Å². The Kier molecular flexibility index (Phi) is 2.82. The first-order valence-corrected chi connectivity index (χ1v) is 5.10. The lowest BCUT2D eigenvalue weighted by molar-refractivity contribution is 0.589. The van der Waals surface area contributed by atoms with Gasteiger partial charge < -0.3 is 0 Å². The summed E-state index contributed by atoms with van der Waals surface area (Å²) in [7, 11) is 0. The first-order valence-electron chi connectivity index (χ1n) is 4.30. The lowest BCUT2D eigenvalue weighted by Gasteiger charge is -2.06. The Morgan fingerprint density at radius 3 is 2.27 bits per heavy atom. The highest BCUT2D eigenvalue weighted by Crippen LogP contribution is 2.31. The molecule has 0 nitrogen and oxygen atoms in total. The van der Waals surface area contributed by atoms with Gasteiger partial charge in [0, 0.05) is 10.0 Å². The van der Waals surface area contributed by atoms with Gasteiger partial charge in [-0.3, -0.25) is 0 Å². The third-order valence-corrected chi connectivity index (χ3v) is 2.69. The molecule has 2 aromatic carbocycles. The number of rotatable bonds is 1. The van der Waals surface area contributed by atoms with Crippen LogP contribution in [0.1, 0.15) is 0 Å². The molecule has 0 saturated carbocycles. The molecule has 0 aromatic heterocycles. The van der Waals surface area contributed by atoms with E-state index in [1.54, 1.807) is 18.2 Å². The zero-order valence-corrected chi connectivity index (χ0v) is 9.18. The minimum Gasteiger partial charge on any atom is -0.206 e. The van der Waals surface area contributed by atoms with Crippen molar-refractivity contribution in [2.45, 2.75) is 0 Å². The summed E-state index contributed by atoms with van der Waals surface area (Å²) in [5, 5.41) is 0. The summed E-state index contributed by atoms with van der Waals surface area (Å²) in [6.07, 6.45) is 0. The molecule has 0 unspecified atom stereocenters. The number of halogens is 3. The van der Waals surface area contributed by atoms with Gasteiger partial charge in [-0.1, -0.05) is 24.3 Å². The monoisotopic (exact) mass is 267 g/mol. The Balaban J connectivity index is 2.69. The SMILES string of the molecule is Fc1cccc(F)c1-c1ccc[c]c1Br. The molecule has 3 heteroatoms. The third-order valence-electron chi connectivity index (χ3n) is 2.04. The molecule has 0 aliphatic heterocycles. The number of hydrogen-bond donors (Lipinski definition) is 0. The first-order chi connectivity index (χ1) is 7.20. The minimum absolute atomic E-state index is 0.0266. The highest BCUT2D eigenvalue weighted by molar-refractivity contribution is 9.10. The van der Waals surface area contributed by atoms with Crippen LogP contribution in [-0.4, -0.2) is 0 Å². The molecule has 2 aromatic rings. The zero-order valence-electron chi connectivity index (χ0n) is 7.60. The fraction of sp³-hybridized carbons (Fsp3) is 0. The van der Waals surface area contributed by atoms with Gasteiger partial charge in [0.1, 0.15) is 11.6 Å². The molecular formula is C12H6BrF2. The third kappa shape index (κ3) is 1.92. The van der Waals surface area contributed by atoms with Crippen molar-refractivity contribution in [3.8, 4) is 11.1 Å². The Morgan fingerprint density at radius 2 is 1.67 bits per heavy atom. The second-order valence-electron chi connectivity index (χ2n) is 2.99. The Morgan fingerprint density at radius 1 is 1.00 bits per heavy atom. The molecule has 1 radical (unpaired) electrons. The average Bonchev–Trinajstić information content (AvgIpc) is 2.20. The van der Waals surface area contributed by atoms with Gasteiger partial charge in [-0.15, -0.1) is 0 Å². The van der Waals surface area contributed by atoms with Gasteiger partial charge in [-0.25, -0.2) is 8.78 Å². The topological polar surface area (TPSA) is 0 Å². The van der Waals surface area contributed by atoms with Crippen molar-refractivity contribution >= 4 is 15.9 Å². The van der Waals surface area contributed by atoms with Crippen LogP contribution in [0.25, 0.3) is 11.1 Å². The molecule has 0 spiro atoms. The van der Waals surface area contributed by atoms with E-state index in [2.05, 4.69) is 22.0 Å². The van der Waals surface area contributed by atoms with E-state index in [1.807, 2.05) is 0 Å². The summed E-state index contributed by atoms with van der Waals surface area (Å²) in [5.41, 5.74) is 0.439. The Bertz CT molecular complexity index is 474. The van der Waals surface area contributed by atoms with Crippen molar-refractivity contribution in [3.05, 3.63) is 58.6 Å². The van der Waals surface area contributed by atoms with Crippen LogP contribution in [-0.2, 0) is 0 Å². The van der Waals surface area contributed by atoms with Crippen molar-refractivity contribution in [1.29, 1.82) is 0 Å². The van der Waals surface area contributed by atoms with Crippen LogP contribution < -0.4 is 0 Å². The van der Waals surface area contributed by atoms with Crippen molar-refractivity contribution in [1.82, 2.24) is 0 Å². The fourth-order valence-electron chi connectivity index (χ4n) is 1.36. The molecule has 0 aliphatic carbocycles. The lowest BCUT2D eigenvalue weighted by atomic mass is 10.0. The summed E-state index contributed by atoms with van der Waals surface area (Å²) >= 11 is 3.21. The van der Waals surface area contributed by atoms with Crippen LogP contribution in [0.4, 0.5) is 8.78 Å². The molecule has 0 fully saturated rings. The molecule has 0 saturated heterocycles. The van der Waals surface area contributed by atoms with Gasteiger partial charge in [0.2, 0.25) is 0 Å². The molecule has 0 bridgehead atoms. The maximum Gasteiger partial charge on any atom is 0.134 e. The largest absolute Gasteiger partial charge is 0.206 e. The second-order valence-corrected chi connectivity index (χ2v) is 3.79. The van der Waals surface area contributed by atoms with Crippen LogP contribution in [0, 0.1) is 17.7 Å². The van der Waals surface area contributed by atoms with Gasteiger partial charge in [0.25, 0.3) is 0 Å². The zero-order chi connectivity index (χ0) is 10.8. The molecule has 0 N–H and O–H groups in total.